The minimum absolute atomic E-state index is 0.0328. The van der Waals surface area contributed by atoms with E-state index in [0.29, 0.717) is 23.8 Å². The average Bonchev–Trinajstić information content (AvgIpc) is 2.75. The standard InChI is InChI=1S/C13H17NO3.C9H14.2C2H6/c1-3-9(2)13(17)14-11-6-4-10(5-7-11)8-12(15)16;1-7-5-4-6-8(2)9(7)3;2*1-2/h3-6,11H,7-8H2,1-2H3,(H,14,17)(H,15,16);4-5,7-8H,3,6H2,1-2H3;2*1-2H3/b9-3+;;;. The lowest BCUT2D eigenvalue weighted by Gasteiger charge is -2.21. The number of carbonyl (C=O) groups excluding carboxylic acids is 1. The number of carboxylic acid groups (broad SMARTS) is 1. The van der Waals surface area contributed by atoms with Crippen LogP contribution in [0.4, 0.5) is 0 Å². The molecule has 0 aliphatic heterocycles. The summed E-state index contributed by atoms with van der Waals surface area (Å²) in [5, 5.41) is 11.5. The van der Waals surface area contributed by atoms with Crippen LogP contribution in [0.5, 0.6) is 0 Å². The number of hydrogen-bond donors (Lipinski definition) is 2. The Bertz CT molecular complexity index is 653. The number of aliphatic carboxylic acids is 1. The van der Waals surface area contributed by atoms with Gasteiger partial charge in [0.2, 0.25) is 5.91 Å². The minimum Gasteiger partial charge on any atom is -0.481 e. The quantitative estimate of drug-likeness (QED) is 0.399. The molecule has 0 radical (unpaired) electrons. The van der Waals surface area contributed by atoms with Crippen LogP contribution in [-0.2, 0) is 9.59 Å². The molecular weight excluding hydrogens is 374 g/mol. The van der Waals surface area contributed by atoms with E-state index >= 15 is 0 Å². The molecule has 0 aromatic heterocycles. The van der Waals surface area contributed by atoms with E-state index in [1.807, 2.05) is 46.8 Å². The predicted octanol–water partition coefficient (Wildman–Crippen LogP) is 6.63. The van der Waals surface area contributed by atoms with Crippen LogP contribution in [0.25, 0.3) is 0 Å². The molecule has 0 aromatic rings. The Morgan fingerprint density at radius 2 is 1.77 bits per heavy atom. The van der Waals surface area contributed by atoms with Crippen LogP contribution < -0.4 is 5.32 Å². The summed E-state index contributed by atoms with van der Waals surface area (Å²) in [4.78, 5) is 22.1. The number of carbonyl (C=O) groups is 2. The molecule has 0 saturated carbocycles. The van der Waals surface area contributed by atoms with E-state index in [9.17, 15) is 9.59 Å². The van der Waals surface area contributed by atoms with Gasteiger partial charge in [0, 0.05) is 5.57 Å². The van der Waals surface area contributed by atoms with Crippen molar-refractivity contribution in [1.82, 2.24) is 5.32 Å². The first kappa shape index (κ1) is 29.8. The first-order valence-electron chi connectivity index (χ1n) is 11.1. The van der Waals surface area contributed by atoms with Crippen LogP contribution in [0.3, 0.4) is 0 Å². The summed E-state index contributed by atoms with van der Waals surface area (Å²) in [5.74, 6) is 0.379. The molecule has 0 fully saturated rings. The van der Waals surface area contributed by atoms with Crippen molar-refractivity contribution in [3.63, 3.8) is 0 Å². The van der Waals surface area contributed by atoms with Crippen molar-refractivity contribution >= 4 is 11.9 Å². The highest BCUT2D eigenvalue weighted by molar-refractivity contribution is 5.93. The maximum absolute atomic E-state index is 11.6. The SMILES string of the molecule is C/C=C(\C)C(=O)NC1C=CC(CC(=O)O)=CC1.C=C1C(C)C=CCC1C.CC.CC. The Morgan fingerprint density at radius 1 is 1.17 bits per heavy atom. The fourth-order valence-electron chi connectivity index (χ4n) is 2.70. The van der Waals surface area contributed by atoms with Gasteiger partial charge >= 0.3 is 5.97 Å². The first-order chi connectivity index (χ1) is 14.2. The van der Waals surface area contributed by atoms with Gasteiger partial charge in [-0.1, -0.05) is 90.2 Å². The van der Waals surface area contributed by atoms with Crippen LogP contribution in [0, 0.1) is 11.8 Å². The summed E-state index contributed by atoms with van der Waals surface area (Å²) >= 11 is 0. The predicted molar refractivity (Wildman–Crippen MR) is 129 cm³/mol. The van der Waals surface area contributed by atoms with E-state index in [2.05, 4.69) is 37.9 Å². The van der Waals surface area contributed by atoms with E-state index in [1.54, 1.807) is 19.1 Å². The van der Waals surface area contributed by atoms with Gasteiger partial charge in [0.05, 0.1) is 12.5 Å². The number of rotatable bonds is 4. The maximum Gasteiger partial charge on any atom is 0.307 e. The van der Waals surface area contributed by atoms with E-state index in [4.69, 9.17) is 5.11 Å². The van der Waals surface area contributed by atoms with Crippen LogP contribution >= 0.6 is 0 Å². The zero-order valence-corrected chi connectivity index (χ0v) is 20.3. The number of allylic oxidation sites excluding steroid dienone is 5. The second kappa shape index (κ2) is 17.5. The zero-order valence-electron chi connectivity index (χ0n) is 20.3. The van der Waals surface area contributed by atoms with E-state index in [0.717, 1.165) is 5.57 Å². The van der Waals surface area contributed by atoms with Gasteiger partial charge < -0.3 is 10.4 Å². The van der Waals surface area contributed by atoms with Crippen molar-refractivity contribution in [3.05, 3.63) is 59.8 Å². The van der Waals surface area contributed by atoms with Gasteiger partial charge in [-0.3, -0.25) is 9.59 Å². The van der Waals surface area contributed by atoms with E-state index < -0.39 is 5.97 Å². The second-order valence-corrected chi connectivity index (χ2v) is 6.92. The lowest BCUT2D eigenvalue weighted by atomic mass is 9.85. The van der Waals surface area contributed by atoms with Crippen molar-refractivity contribution in [2.24, 2.45) is 11.8 Å². The minimum atomic E-state index is -0.840. The van der Waals surface area contributed by atoms with Crippen LogP contribution in [-0.4, -0.2) is 23.0 Å². The average molecular weight is 418 g/mol. The molecule has 4 nitrogen and oxygen atoms in total. The second-order valence-electron chi connectivity index (χ2n) is 6.92. The molecule has 2 aliphatic carbocycles. The lowest BCUT2D eigenvalue weighted by molar-refractivity contribution is -0.136. The van der Waals surface area contributed by atoms with Gasteiger partial charge in [0.1, 0.15) is 0 Å². The van der Waals surface area contributed by atoms with Gasteiger partial charge in [-0.05, 0) is 44.1 Å². The van der Waals surface area contributed by atoms with Crippen molar-refractivity contribution in [2.45, 2.75) is 80.7 Å². The summed E-state index contributed by atoms with van der Waals surface area (Å²) in [6.07, 6.45) is 13.5. The number of carboxylic acids is 1. The number of hydrogen-bond acceptors (Lipinski definition) is 2. The summed E-state index contributed by atoms with van der Waals surface area (Å²) in [6, 6.07) is -0.0463. The van der Waals surface area contributed by atoms with Gasteiger partial charge in [-0.25, -0.2) is 0 Å². The molecule has 0 spiro atoms. The van der Waals surface area contributed by atoms with Crippen LogP contribution in [0.1, 0.15) is 74.7 Å². The van der Waals surface area contributed by atoms with E-state index in [1.165, 1.54) is 12.0 Å². The Labute approximate surface area is 184 Å². The molecule has 2 aliphatic rings. The van der Waals surface area contributed by atoms with Crippen LogP contribution in [0.2, 0.25) is 0 Å². The Kier molecular flexibility index (Phi) is 17.4. The molecule has 2 N–H and O–H groups in total. The summed E-state index contributed by atoms with van der Waals surface area (Å²) in [6.45, 7) is 20.0. The third-order valence-electron chi connectivity index (χ3n) is 4.77. The topological polar surface area (TPSA) is 66.4 Å². The molecule has 0 saturated heterocycles. The smallest absolute Gasteiger partial charge is 0.307 e. The molecule has 170 valence electrons. The zero-order chi connectivity index (χ0) is 23.7. The lowest BCUT2D eigenvalue weighted by Crippen LogP contribution is -2.34. The molecule has 0 heterocycles. The molecular formula is C26H43NO3. The highest BCUT2D eigenvalue weighted by atomic mass is 16.4. The molecule has 4 heteroatoms. The highest BCUT2D eigenvalue weighted by Crippen LogP contribution is 2.26. The van der Waals surface area contributed by atoms with Crippen molar-refractivity contribution in [3.8, 4) is 0 Å². The van der Waals surface area contributed by atoms with Crippen molar-refractivity contribution in [1.29, 1.82) is 0 Å². The van der Waals surface area contributed by atoms with Gasteiger partial charge in [0.15, 0.2) is 0 Å². The number of amides is 1. The molecule has 1 amide bonds. The number of nitrogens with one attached hydrogen (secondary N) is 1. The molecule has 30 heavy (non-hydrogen) atoms. The third-order valence-corrected chi connectivity index (χ3v) is 4.77. The molecule has 3 atom stereocenters. The highest BCUT2D eigenvalue weighted by Gasteiger charge is 2.14. The van der Waals surface area contributed by atoms with E-state index in [-0.39, 0.29) is 18.4 Å². The Morgan fingerprint density at radius 3 is 2.17 bits per heavy atom. The monoisotopic (exact) mass is 417 g/mol. The molecule has 0 aromatic carbocycles. The summed E-state index contributed by atoms with van der Waals surface area (Å²) < 4.78 is 0. The maximum atomic E-state index is 11.6. The van der Waals surface area contributed by atoms with Gasteiger partial charge in [-0.2, -0.15) is 0 Å². The largest absolute Gasteiger partial charge is 0.481 e. The van der Waals surface area contributed by atoms with Gasteiger partial charge in [-0.15, -0.1) is 0 Å². The third kappa shape index (κ3) is 12.3. The fourth-order valence-corrected chi connectivity index (χ4v) is 2.70. The van der Waals surface area contributed by atoms with Crippen molar-refractivity contribution < 1.29 is 14.7 Å². The van der Waals surface area contributed by atoms with Crippen LogP contribution in [0.15, 0.2) is 59.8 Å². The molecule has 3 unspecified atom stereocenters. The first-order valence-corrected chi connectivity index (χ1v) is 11.1. The van der Waals surface area contributed by atoms with Crippen molar-refractivity contribution in [2.75, 3.05) is 0 Å². The Balaban J connectivity index is 0. The Hall–Kier alpha value is -2.36. The summed E-state index contributed by atoms with van der Waals surface area (Å²) in [5.41, 5.74) is 2.85. The normalized spacial score (nSPS) is 22.1. The molecule has 2 rings (SSSR count). The van der Waals surface area contributed by atoms with Gasteiger partial charge in [0.25, 0.3) is 0 Å². The molecule has 0 bridgehead atoms. The fraction of sp³-hybridized carbons (Fsp3) is 0.538. The summed E-state index contributed by atoms with van der Waals surface area (Å²) in [7, 11) is 0.